The number of hydrogen-bond donors (Lipinski definition) is 1. The fraction of sp³-hybridized carbons (Fsp3) is 0.400. The Labute approximate surface area is 160 Å². The number of sulfonamides is 1. The molecule has 3 rings (SSSR count). The fourth-order valence-corrected chi connectivity index (χ4v) is 4.68. The Balaban J connectivity index is 1.56. The SMILES string of the molecule is O=C(NCCc1ccc(S(=O)(=O)N2CCCCCC2)cc1)c1ccccn1. The summed E-state index contributed by atoms with van der Waals surface area (Å²) in [5.74, 6) is -0.212. The van der Waals surface area contributed by atoms with Crippen LogP contribution in [0.4, 0.5) is 0 Å². The molecule has 0 saturated carbocycles. The maximum atomic E-state index is 12.8. The molecule has 6 nitrogen and oxygen atoms in total. The van der Waals surface area contributed by atoms with E-state index in [1.165, 1.54) is 0 Å². The number of rotatable bonds is 6. The molecule has 0 spiro atoms. The third kappa shape index (κ3) is 5.14. The van der Waals surface area contributed by atoms with Gasteiger partial charge in [0.25, 0.3) is 5.91 Å². The van der Waals surface area contributed by atoms with Crippen molar-refractivity contribution in [3.63, 3.8) is 0 Å². The highest BCUT2D eigenvalue weighted by Crippen LogP contribution is 2.20. The summed E-state index contributed by atoms with van der Waals surface area (Å²) < 4.78 is 27.1. The minimum absolute atomic E-state index is 0.212. The Hall–Kier alpha value is -2.25. The molecular weight excluding hydrogens is 362 g/mol. The van der Waals surface area contributed by atoms with Crippen molar-refractivity contribution in [3.05, 3.63) is 59.9 Å². The van der Waals surface area contributed by atoms with Crippen molar-refractivity contribution >= 4 is 15.9 Å². The van der Waals surface area contributed by atoms with Crippen molar-refractivity contribution in [1.82, 2.24) is 14.6 Å². The van der Waals surface area contributed by atoms with Crippen LogP contribution in [0.15, 0.2) is 53.6 Å². The number of amides is 1. The predicted molar refractivity (Wildman–Crippen MR) is 104 cm³/mol. The van der Waals surface area contributed by atoms with Crippen molar-refractivity contribution in [2.45, 2.75) is 37.0 Å². The highest BCUT2D eigenvalue weighted by molar-refractivity contribution is 7.89. The molecule has 0 aliphatic carbocycles. The monoisotopic (exact) mass is 387 g/mol. The van der Waals surface area contributed by atoms with Crippen LogP contribution < -0.4 is 5.32 Å². The summed E-state index contributed by atoms with van der Waals surface area (Å²) in [7, 11) is -3.42. The molecule has 2 aromatic rings. The van der Waals surface area contributed by atoms with E-state index in [-0.39, 0.29) is 5.91 Å². The third-order valence-corrected chi connectivity index (χ3v) is 6.64. The minimum atomic E-state index is -3.42. The molecular formula is C20H25N3O3S. The van der Waals surface area contributed by atoms with Crippen molar-refractivity contribution < 1.29 is 13.2 Å². The number of nitrogens with one attached hydrogen (secondary N) is 1. The van der Waals surface area contributed by atoms with E-state index >= 15 is 0 Å². The number of nitrogens with zero attached hydrogens (tertiary/aromatic N) is 2. The molecule has 144 valence electrons. The normalized spacial score (nSPS) is 15.9. The Bertz CT molecular complexity index is 844. The first-order valence-corrected chi connectivity index (χ1v) is 10.8. The Morgan fingerprint density at radius 3 is 2.33 bits per heavy atom. The summed E-state index contributed by atoms with van der Waals surface area (Å²) in [4.78, 5) is 16.3. The molecule has 2 heterocycles. The van der Waals surface area contributed by atoms with Gasteiger partial charge in [-0.05, 0) is 49.1 Å². The quantitative estimate of drug-likeness (QED) is 0.826. The van der Waals surface area contributed by atoms with Gasteiger partial charge in [0, 0.05) is 25.8 Å². The fourth-order valence-electron chi connectivity index (χ4n) is 3.17. The molecule has 7 heteroatoms. The van der Waals surface area contributed by atoms with Crippen LogP contribution in [0.5, 0.6) is 0 Å². The summed E-state index contributed by atoms with van der Waals surface area (Å²) in [6.45, 7) is 1.67. The lowest BCUT2D eigenvalue weighted by Gasteiger charge is -2.20. The average molecular weight is 388 g/mol. The minimum Gasteiger partial charge on any atom is -0.350 e. The largest absolute Gasteiger partial charge is 0.350 e. The number of pyridine rings is 1. The lowest BCUT2D eigenvalue weighted by atomic mass is 10.1. The van der Waals surface area contributed by atoms with E-state index in [1.54, 1.807) is 40.8 Å². The van der Waals surface area contributed by atoms with E-state index in [1.807, 2.05) is 12.1 Å². The molecule has 0 atom stereocenters. The Morgan fingerprint density at radius 1 is 1.00 bits per heavy atom. The van der Waals surface area contributed by atoms with Crippen LogP contribution in [0.25, 0.3) is 0 Å². The molecule has 1 aliphatic heterocycles. The Kier molecular flexibility index (Phi) is 6.58. The van der Waals surface area contributed by atoms with Gasteiger partial charge >= 0.3 is 0 Å². The molecule has 1 aliphatic rings. The summed E-state index contributed by atoms with van der Waals surface area (Å²) in [6, 6.07) is 12.2. The van der Waals surface area contributed by atoms with Gasteiger partial charge in [0.1, 0.15) is 5.69 Å². The maximum Gasteiger partial charge on any atom is 0.269 e. The summed E-state index contributed by atoms with van der Waals surface area (Å²) in [5, 5.41) is 2.82. The zero-order valence-corrected chi connectivity index (χ0v) is 16.1. The predicted octanol–water partition coefficient (Wildman–Crippen LogP) is 2.62. The van der Waals surface area contributed by atoms with E-state index < -0.39 is 10.0 Å². The smallest absolute Gasteiger partial charge is 0.269 e. The van der Waals surface area contributed by atoms with Crippen LogP contribution in [0.3, 0.4) is 0 Å². The number of hydrogen-bond acceptors (Lipinski definition) is 4. The van der Waals surface area contributed by atoms with Crippen LogP contribution in [0.1, 0.15) is 41.7 Å². The van der Waals surface area contributed by atoms with Crippen LogP contribution in [-0.2, 0) is 16.4 Å². The van der Waals surface area contributed by atoms with Crippen molar-refractivity contribution in [2.24, 2.45) is 0 Å². The summed E-state index contributed by atoms with van der Waals surface area (Å²) >= 11 is 0. The molecule has 27 heavy (non-hydrogen) atoms. The van der Waals surface area contributed by atoms with E-state index in [0.717, 1.165) is 31.2 Å². The first-order valence-electron chi connectivity index (χ1n) is 9.36. The molecule has 0 radical (unpaired) electrons. The van der Waals surface area contributed by atoms with Gasteiger partial charge in [0.2, 0.25) is 10.0 Å². The highest BCUT2D eigenvalue weighted by Gasteiger charge is 2.24. The molecule has 1 saturated heterocycles. The summed E-state index contributed by atoms with van der Waals surface area (Å²) in [5.41, 5.74) is 1.36. The average Bonchev–Trinajstić information content (AvgIpc) is 2.99. The lowest BCUT2D eigenvalue weighted by Crippen LogP contribution is -2.31. The Morgan fingerprint density at radius 2 is 1.70 bits per heavy atom. The molecule has 1 fully saturated rings. The molecule has 0 unspecified atom stereocenters. The van der Waals surface area contributed by atoms with Gasteiger partial charge in [-0.2, -0.15) is 4.31 Å². The third-order valence-electron chi connectivity index (χ3n) is 4.72. The first-order chi connectivity index (χ1) is 13.1. The van der Waals surface area contributed by atoms with Crippen molar-refractivity contribution in [2.75, 3.05) is 19.6 Å². The number of carbonyl (C=O) groups is 1. The van der Waals surface area contributed by atoms with Gasteiger partial charge < -0.3 is 5.32 Å². The lowest BCUT2D eigenvalue weighted by molar-refractivity contribution is 0.0949. The van der Waals surface area contributed by atoms with E-state index in [2.05, 4.69) is 10.3 Å². The van der Waals surface area contributed by atoms with Gasteiger partial charge in [-0.1, -0.05) is 31.0 Å². The zero-order chi connectivity index (χ0) is 19.1. The van der Waals surface area contributed by atoms with E-state index in [4.69, 9.17) is 0 Å². The molecule has 1 aromatic carbocycles. The van der Waals surface area contributed by atoms with Crippen molar-refractivity contribution in [1.29, 1.82) is 0 Å². The topological polar surface area (TPSA) is 79.4 Å². The molecule has 0 bridgehead atoms. The first kappa shape index (κ1) is 19.5. The standard InChI is InChI=1S/C20H25N3O3S/c24-20(19-7-3-4-13-21-19)22-14-12-17-8-10-18(11-9-17)27(25,26)23-15-5-1-2-6-16-23/h3-4,7-11,13H,1-2,5-6,12,14-16H2,(H,22,24). The van der Waals surface area contributed by atoms with Crippen LogP contribution in [0, 0.1) is 0 Å². The second-order valence-corrected chi connectivity index (χ2v) is 8.62. The maximum absolute atomic E-state index is 12.8. The number of aromatic nitrogens is 1. The van der Waals surface area contributed by atoms with E-state index in [9.17, 15) is 13.2 Å². The zero-order valence-electron chi connectivity index (χ0n) is 15.3. The van der Waals surface area contributed by atoms with Gasteiger partial charge in [0.05, 0.1) is 4.90 Å². The van der Waals surface area contributed by atoms with E-state index in [0.29, 0.717) is 36.6 Å². The van der Waals surface area contributed by atoms with Gasteiger partial charge in [-0.25, -0.2) is 8.42 Å². The van der Waals surface area contributed by atoms with Crippen LogP contribution >= 0.6 is 0 Å². The molecule has 1 aromatic heterocycles. The van der Waals surface area contributed by atoms with Crippen LogP contribution in [0.2, 0.25) is 0 Å². The number of benzene rings is 1. The highest BCUT2D eigenvalue weighted by atomic mass is 32.2. The van der Waals surface area contributed by atoms with Gasteiger partial charge in [0.15, 0.2) is 0 Å². The summed E-state index contributed by atoms with van der Waals surface area (Å²) in [6.07, 6.45) is 6.24. The van der Waals surface area contributed by atoms with Crippen LogP contribution in [-0.4, -0.2) is 43.2 Å². The number of carbonyl (C=O) groups excluding carboxylic acids is 1. The second-order valence-electron chi connectivity index (χ2n) is 6.68. The van der Waals surface area contributed by atoms with Gasteiger partial charge in [-0.3, -0.25) is 9.78 Å². The van der Waals surface area contributed by atoms with Gasteiger partial charge in [-0.15, -0.1) is 0 Å². The second kappa shape index (κ2) is 9.10. The molecule has 1 amide bonds. The van der Waals surface area contributed by atoms with Crippen molar-refractivity contribution in [3.8, 4) is 0 Å². The molecule has 1 N–H and O–H groups in total.